The zero-order valence-corrected chi connectivity index (χ0v) is 11.2. The lowest BCUT2D eigenvalue weighted by molar-refractivity contribution is 0.0938. The van der Waals surface area contributed by atoms with Gasteiger partial charge in [-0.1, -0.05) is 51.2 Å². The van der Waals surface area contributed by atoms with Crippen LogP contribution in [-0.4, -0.2) is 14.6 Å². The Bertz CT molecular complexity index is 342. The minimum Gasteiger partial charge on any atom is -0.294 e. The first-order chi connectivity index (χ1) is 7.02. The number of ketones is 1. The largest absolute Gasteiger partial charge is 0.294 e. The van der Waals surface area contributed by atoms with E-state index in [1.165, 1.54) is 5.56 Å². The second kappa shape index (κ2) is 5.26. The average molecular weight is 220 g/mol. The standard InChI is InChI=1S/C13H20OSi/c1-10(2)13(14)12-8-6-5-7-11(12)9-15(3)4/h5-8,10,15H,9H2,1-4H3. The second-order valence-electron chi connectivity index (χ2n) is 4.77. The molecule has 0 saturated heterocycles. The van der Waals surface area contributed by atoms with E-state index in [-0.39, 0.29) is 11.7 Å². The molecule has 1 aromatic carbocycles. The van der Waals surface area contributed by atoms with Crippen LogP contribution in [0.25, 0.3) is 0 Å². The molecule has 0 radical (unpaired) electrons. The van der Waals surface area contributed by atoms with Gasteiger partial charge in [-0.25, -0.2) is 0 Å². The third kappa shape index (κ3) is 3.31. The summed E-state index contributed by atoms with van der Waals surface area (Å²) in [5, 5.41) is 0. The third-order valence-electron chi connectivity index (χ3n) is 2.44. The van der Waals surface area contributed by atoms with E-state index in [9.17, 15) is 4.79 Å². The normalized spacial score (nSPS) is 11.1. The molecule has 0 atom stereocenters. The smallest absolute Gasteiger partial charge is 0.165 e. The van der Waals surface area contributed by atoms with Gasteiger partial charge in [0.1, 0.15) is 0 Å². The fourth-order valence-corrected chi connectivity index (χ4v) is 2.93. The molecule has 0 aliphatic carbocycles. The molecule has 0 heterocycles. The summed E-state index contributed by atoms with van der Waals surface area (Å²) in [5.74, 6) is 0.375. The fraction of sp³-hybridized carbons (Fsp3) is 0.462. The number of carbonyl (C=O) groups excluding carboxylic acids is 1. The molecule has 15 heavy (non-hydrogen) atoms. The van der Waals surface area contributed by atoms with E-state index in [2.05, 4.69) is 19.2 Å². The highest BCUT2D eigenvalue weighted by Gasteiger charge is 2.14. The van der Waals surface area contributed by atoms with Gasteiger partial charge in [0, 0.05) is 20.3 Å². The summed E-state index contributed by atoms with van der Waals surface area (Å²) >= 11 is 0. The van der Waals surface area contributed by atoms with E-state index >= 15 is 0 Å². The molecule has 0 aliphatic heterocycles. The zero-order valence-electron chi connectivity index (χ0n) is 10.1. The Labute approximate surface area is 94.1 Å². The Morgan fingerprint density at radius 1 is 1.27 bits per heavy atom. The number of rotatable bonds is 4. The Kier molecular flexibility index (Phi) is 4.27. The van der Waals surface area contributed by atoms with Crippen LogP contribution in [0, 0.1) is 5.92 Å². The molecule has 0 spiro atoms. The van der Waals surface area contributed by atoms with E-state index in [4.69, 9.17) is 0 Å². The highest BCUT2D eigenvalue weighted by Crippen LogP contribution is 2.15. The van der Waals surface area contributed by atoms with Gasteiger partial charge in [0.25, 0.3) is 0 Å². The predicted molar refractivity (Wildman–Crippen MR) is 68.2 cm³/mol. The van der Waals surface area contributed by atoms with E-state index < -0.39 is 8.80 Å². The van der Waals surface area contributed by atoms with Crippen LogP contribution in [0.5, 0.6) is 0 Å². The van der Waals surface area contributed by atoms with E-state index in [1.54, 1.807) is 0 Å². The van der Waals surface area contributed by atoms with Crippen molar-refractivity contribution >= 4 is 14.6 Å². The lowest BCUT2D eigenvalue weighted by Gasteiger charge is -2.11. The molecule has 1 nitrogen and oxygen atoms in total. The molecular weight excluding hydrogens is 200 g/mol. The minimum absolute atomic E-state index is 0.0972. The van der Waals surface area contributed by atoms with Crippen LogP contribution < -0.4 is 0 Å². The Morgan fingerprint density at radius 2 is 1.87 bits per heavy atom. The first-order valence-electron chi connectivity index (χ1n) is 5.64. The van der Waals surface area contributed by atoms with Crippen LogP contribution in [0.2, 0.25) is 13.1 Å². The van der Waals surface area contributed by atoms with Crippen molar-refractivity contribution in [3.8, 4) is 0 Å². The summed E-state index contributed by atoms with van der Waals surface area (Å²) in [6, 6.07) is 9.18. The number of benzene rings is 1. The highest BCUT2D eigenvalue weighted by molar-refractivity contribution is 6.55. The van der Waals surface area contributed by atoms with Crippen molar-refractivity contribution < 1.29 is 4.79 Å². The van der Waals surface area contributed by atoms with Crippen molar-refractivity contribution in [3.63, 3.8) is 0 Å². The van der Waals surface area contributed by atoms with Gasteiger partial charge < -0.3 is 0 Å². The minimum atomic E-state index is -0.650. The van der Waals surface area contributed by atoms with Crippen molar-refractivity contribution in [3.05, 3.63) is 35.4 Å². The maximum Gasteiger partial charge on any atom is 0.165 e. The number of hydrogen-bond acceptors (Lipinski definition) is 1. The molecule has 0 saturated carbocycles. The SMILES string of the molecule is CC(C)C(=O)c1ccccc1C[SiH](C)C. The Morgan fingerprint density at radius 3 is 2.40 bits per heavy atom. The molecule has 1 rings (SSSR count). The van der Waals surface area contributed by atoms with E-state index in [0.717, 1.165) is 11.6 Å². The molecule has 0 bridgehead atoms. The quantitative estimate of drug-likeness (QED) is 0.563. The summed E-state index contributed by atoms with van der Waals surface area (Å²) < 4.78 is 0. The maximum absolute atomic E-state index is 12.0. The zero-order chi connectivity index (χ0) is 11.4. The third-order valence-corrected chi connectivity index (χ3v) is 3.69. The first-order valence-corrected chi connectivity index (χ1v) is 8.77. The lowest BCUT2D eigenvalue weighted by Crippen LogP contribution is -2.14. The van der Waals surface area contributed by atoms with Crippen LogP contribution in [0.1, 0.15) is 29.8 Å². The topological polar surface area (TPSA) is 17.1 Å². The van der Waals surface area contributed by atoms with Crippen molar-refractivity contribution in [2.75, 3.05) is 0 Å². The van der Waals surface area contributed by atoms with Crippen LogP contribution in [-0.2, 0) is 6.04 Å². The number of hydrogen-bond donors (Lipinski definition) is 0. The van der Waals surface area contributed by atoms with Crippen LogP contribution in [0.15, 0.2) is 24.3 Å². The molecule has 82 valence electrons. The van der Waals surface area contributed by atoms with Crippen LogP contribution in [0.4, 0.5) is 0 Å². The summed E-state index contributed by atoms with van der Waals surface area (Å²) in [6.07, 6.45) is 0. The molecule has 0 aliphatic rings. The van der Waals surface area contributed by atoms with Crippen molar-refractivity contribution in [2.45, 2.75) is 33.0 Å². The van der Waals surface area contributed by atoms with Gasteiger partial charge in [-0.15, -0.1) is 0 Å². The van der Waals surface area contributed by atoms with Gasteiger partial charge in [0.05, 0.1) is 0 Å². The molecule has 1 aromatic rings. The predicted octanol–water partition coefficient (Wildman–Crippen LogP) is 3.09. The van der Waals surface area contributed by atoms with Gasteiger partial charge in [-0.3, -0.25) is 4.79 Å². The molecule has 0 aromatic heterocycles. The number of Topliss-reactive ketones (excluding diaryl/α,β-unsaturated/α-hetero) is 1. The van der Waals surface area contributed by atoms with Gasteiger partial charge in [-0.05, 0) is 11.6 Å². The Hall–Kier alpha value is -0.893. The number of carbonyl (C=O) groups is 1. The van der Waals surface area contributed by atoms with Crippen molar-refractivity contribution in [1.82, 2.24) is 0 Å². The van der Waals surface area contributed by atoms with E-state index in [1.807, 2.05) is 32.0 Å². The summed E-state index contributed by atoms with van der Waals surface area (Å²) in [5.41, 5.74) is 2.19. The van der Waals surface area contributed by atoms with Gasteiger partial charge >= 0.3 is 0 Å². The Balaban J connectivity index is 3.01. The summed E-state index contributed by atoms with van der Waals surface area (Å²) in [6.45, 7) is 8.56. The van der Waals surface area contributed by atoms with Gasteiger partial charge in [0.15, 0.2) is 5.78 Å². The molecule has 0 N–H and O–H groups in total. The first kappa shape index (κ1) is 12.2. The molecular formula is C13H20OSi. The van der Waals surface area contributed by atoms with Crippen molar-refractivity contribution in [2.24, 2.45) is 5.92 Å². The molecule has 2 heteroatoms. The average Bonchev–Trinajstić information content (AvgIpc) is 2.16. The molecule has 0 amide bonds. The monoisotopic (exact) mass is 220 g/mol. The lowest BCUT2D eigenvalue weighted by atomic mass is 9.97. The fourth-order valence-electron chi connectivity index (χ4n) is 1.69. The second-order valence-corrected chi connectivity index (χ2v) is 7.97. The van der Waals surface area contributed by atoms with Gasteiger partial charge in [0.2, 0.25) is 0 Å². The summed E-state index contributed by atoms with van der Waals surface area (Å²) in [4.78, 5) is 12.0. The van der Waals surface area contributed by atoms with Crippen LogP contribution >= 0.6 is 0 Å². The van der Waals surface area contributed by atoms with E-state index in [0.29, 0.717) is 0 Å². The van der Waals surface area contributed by atoms with Crippen LogP contribution in [0.3, 0.4) is 0 Å². The maximum atomic E-state index is 12.0. The molecule has 0 fully saturated rings. The highest BCUT2D eigenvalue weighted by atomic mass is 28.3. The molecule has 0 unspecified atom stereocenters. The van der Waals surface area contributed by atoms with Crippen molar-refractivity contribution in [1.29, 1.82) is 0 Å². The summed E-state index contributed by atoms with van der Waals surface area (Å²) in [7, 11) is -0.650. The van der Waals surface area contributed by atoms with Gasteiger partial charge in [-0.2, -0.15) is 0 Å².